The van der Waals surface area contributed by atoms with Crippen LogP contribution < -0.4 is 0 Å². The summed E-state index contributed by atoms with van der Waals surface area (Å²) in [6, 6.07) is 0. The van der Waals surface area contributed by atoms with E-state index >= 15 is 0 Å². The Morgan fingerprint density at radius 3 is 2.18 bits per heavy atom. The molecule has 0 bridgehead atoms. The van der Waals surface area contributed by atoms with Crippen molar-refractivity contribution in [3.63, 3.8) is 0 Å². The van der Waals surface area contributed by atoms with Gasteiger partial charge < -0.3 is 14.2 Å². The highest BCUT2D eigenvalue weighted by atomic mass is 16.7. The third-order valence-corrected chi connectivity index (χ3v) is 4.19. The van der Waals surface area contributed by atoms with Gasteiger partial charge in [-0.05, 0) is 32.1 Å². The Morgan fingerprint density at radius 1 is 0.955 bits per heavy atom. The monoisotopic (exact) mass is 314 g/mol. The minimum atomic E-state index is -0.0826. The Bertz CT molecular complexity index is 262. The van der Waals surface area contributed by atoms with E-state index in [1.165, 1.54) is 58.5 Å². The van der Waals surface area contributed by atoms with E-state index in [-0.39, 0.29) is 12.3 Å². The number of ether oxygens (including phenoxy) is 3. The Balaban J connectivity index is 1.72. The zero-order valence-corrected chi connectivity index (χ0v) is 14.3. The van der Waals surface area contributed by atoms with Crippen molar-refractivity contribution in [1.82, 2.24) is 0 Å². The molecule has 0 radical (unpaired) electrons. The lowest BCUT2D eigenvalue weighted by Crippen LogP contribution is -2.22. The van der Waals surface area contributed by atoms with E-state index in [0.29, 0.717) is 6.42 Å². The van der Waals surface area contributed by atoms with Gasteiger partial charge in [0, 0.05) is 19.6 Å². The van der Waals surface area contributed by atoms with Crippen LogP contribution in [0, 0.1) is 0 Å². The molecular weight excluding hydrogens is 280 g/mol. The average Bonchev–Trinajstić information content (AvgIpc) is 2.56. The molecule has 4 nitrogen and oxygen atoms in total. The third kappa shape index (κ3) is 11.0. The average molecular weight is 314 g/mol. The summed E-state index contributed by atoms with van der Waals surface area (Å²) in [7, 11) is 1.45. The van der Waals surface area contributed by atoms with E-state index in [2.05, 4.69) is 4.74 Å². The maximum absolute atomic E-state index is 10.9. The molecule has 1 fully saturated rings. The molecule has 0 aromatic heterocycles. The van der Waals surface area contributed by atoms with E-state index in [4.69, 9.17) is 9.47 Å². The zero-order valence-electron chi connectivity index (χ0n) is 14.3. The van der Waals surface area contributed by atoms with Gasteiger partial charge in [0.15, 0.2) is 6.29 Å². The Morgan fingerprint density at radius 2 is 1.59 bits per heavy atom. The highest BCUT2D eigenvalue weighted by Crippen LogP contribution is 2.15. The van der Waals surface area contributed by atoms with Crippen LogP contribution in [0.3, 0.4) is 0 Å². The number of hydrogen-bond acceptors (Lipinski definition) is 4. The van der Waals surface area contributed by atoms with E-state index in [0.717, 1.165) is 38.9 Å². The standard InChI is InChI=1S/C18H34O4/c1-20-17(19)13-9-7-5-3-2-4-6-8-11-15-21-18-14-10-12-16-22-18/h18H,2-16H2,1H3. The highest BCUT2D eigenvalue weighted by Gasteiger charge is 2.13. The molecule has 1 heterocycles. The molecule has 0 amide bonds. The summed E-state index contributed by atoms with van der Waals surface area (Å²) in [5, 5.41) is 0. The number of hydrogen-bond donors (Lipinski definition) is 0. The van der Waals surface area contributed by atoms with Crippen LogP contribution >= 0.6 is 0 Å². The molecule has 1 aliphatic rings. The first-order valence-corrected chi connectivity index (χ1v) is 9.13. The first kappa shape index (κ1) is 19.4. The van der Waals surface area contributed by atoms with Crippen molar-refractivity contribution in [3.8, 4) is 0 Å². The number of esters is 1. The number of unbranched alkanes of at least 4 members (excludes halogenated alkanes) is 8. The summed E-state index contributed by atoms with van der Waals surface area (Å²) in [6.07, 6.45) is 15.1. The molecule has 0 aromatic rings. The van der Waals surface area contributed by atoms with Crippen molar-refractivity contribution in [3.05, 3.63) is 0 Å². The van der Waals surface area contributed by atoms with Gasteiger partial charge in [-0.2, -0.15) is 0 Å². The van der Waals surface area contributed by atoms with Crippen LogP contribution in [0.2, 0.25) is 0 Å². The summed E-state index contributed by atoms with van der Waals surface area (Å²) >= 11 is 0. The highest BCUT2D eigenvalue weighted by molar-refractivity contribution is 5.68. The number of rotatable bonds is 13. The fraction of sp³-hybridized carbons (Fsp3) is 0.944. The molecule has 0 spiro atoms. The minimum absolute atomic E-state index is 0.0683. The maximum Gasteiger partial charge on any atom is 0.305 e. The minimum Gasteiger partial charge on any atom is -0.469 e. The van der Waals surface area contributed by atoms with Crippen LogP contribution in [0.1, 0.15) is 83.5 Å². The second-order valence-electron chi connectivity index (χ2n) is 6.18. The smallest absolute Gasteiger partial charge is 0.305 e. The predicted octanol–water partition coefficient (Wildman–Crippen LogP) is 4.60. The molecule has 22 heavy (non-hydrogen) atoms. The molecule has 0 saturated carbocycles. The molecule has 1 atom stereocenters. The van der Waals surface area contributed by atoms with Crippen LogP contribution in [0.4, 0.5) is 0 Å². The SMILES string of the molecule is COC(=O)CCCCCCCCCCCOC1CCCCO1. The number of methoxy groups -OCH3 is 1. The summed E-state index contributed by atoms with van der Waals surface area (Å²) in [6.45, 7) is 1.71. The molecule has 1 unspecified atom stereocenters. The zero-order chi connectivity index (χ0) is 15.9. The normalized spacial score (nSPS) is 18.3. The molecule has 4 heteroatoms. The molecule has 1 rings (SSSR count). The van der Waals surface area contributed by atoms with Gasteiger partial charge in [0.25, 0.3) is 0 Å². The second-order valence-corrected chi connectivity index (χ2v) is 6.18. The third-order valence-electron chi connectivity index (χ3n) is 4.19. The van der Waals surface area contributed by atoms with Crippen LogP contribution in [0.25, 0.3) is 0 Å². The quantitative estimate of drug-likeness (QED) is 0.368. The maximum atomic E-state index is 10.9. The molecule has 0 N–H and O–H groups in total. The van der Waals surface area contributed by atoms with Gasteiger partial charge >= 0.3 is 5.97 Å². The van der Waals surface area contributed by atoms with Crippen LogP contribution in [0.5, 0.6) is 0 Å². The Kier molecular flexibility index (Phi) is 12.4. The van der Waals surface area contributed by atoms with Crippen molar-refractivity contribution in [2.24, 2.45) is 0 Å². The topological polar surface area (TPSA) is 44.8 Å². The predicted molar refractivity (Wildman–Crippen MR) is 87.7 cm³/mol. The van der Waals surface area contributed by atoms with Gasteiger partial charge in [-0.25, -0.2) is 0 Å². The Labute approximate surface area is 135 Å². The molecule has 0 aliphatic carbocycles. The van der Waals surface area contributed by atoms with Gasteiger partial charge in [-0.1, -0.05) is 44.9 Å². The lowest BCUT2D eigenvalue weighted by Gasteiger charge is -2.22. The summed E-state index contributed by atoms with van der Waals surface area (Å²) in [5.41, 5.74) is 0. The van der Waals surface area contributed by atoms with E-state index in [1.54, 1.807) is 0 Å². The van der Waals surface area contributed by atoms with Crippen molar-refractivity contribution >= 4 is 5.97 Å². The van der Waals surface area contributed by atoms with Crippen molar-refractivity contribution in [2.75, 3.05) is 20.3 Å². The fourth-order valence-electron chi connectivity index (χ4n) is 2.77. The first-order chi connectivity index (χ1) is 10.8. The van der Waals surface area contributed by atoms with Gasteiger partial charge in [-0.15, -0.1) is 0 Å². The summed E-state index contributed by atoms with van der Waals surface area (Å²) in [4.78, 5) is 10.9. The summed E-state index contributed by atoms with van der Waals surface area (Å²) < 4.78 is 15.9. The lowest BCUT2D eigenvalue weighted by atomic mass is 10.1. The van der Waals surface area contributed by atoms with Gasteiger partial charge in [0.2, 0.25) is 0 Å². The van der Waals surface area contributed by atoms with E-state index < -0.39 is 0 Å². The van der Waals surface area contributed by atoms with Gasteiger partial charge in [0.05, 0.1) is 7.11 Å². The van der Waals surface area contributed by atoms with Gasteiger partial charge in [0.1, 0.15) is 0 Å². The van der Waals surface area contributed by atoms with Crippen LogP contribution in [-0.4, -0.2) is 32.6 Å². The largest absolute Gasteiger partial charge is 0.469 e. The van der Waals surface area contributed by atoms with E-state index in [9.17, 15) is 4.79 Å². The van der Waals surface area contributed by atoms with Crippen molar-refractivity contribution in [2.45, 2.75) is 89.8 Å². The second kappa shape index (κ2) is 14.0. The lowest BCUT2D eigenvalue weighted by molar-refractivity contribution is -0.162. The summed E-state index contributed by atoms with van der Waals surface area (Å²) in [5.74, 6) is -0.0826. The molecule has 1 aliphatic heterocycles. The molecule has 130 valence electrons. The molecular formula is C18H34O4. The van der Waals surface area contributed by atoms with Crippen LogP contribution in [-0.2, 0) is 19.0 Å². The van der Waals surface area contributed by atoms with Crippen molar-refractivity contribution < 1.29 is 19.0 Å². The van der Waals surface area contributed by atoms with E-state index in [1.807, 2.05) is 0 Å². The van der Waals surface area contributed by atoms with Crippen molar-refractivity contribution in [1.29, 1.82) is 0 Å². The number of carbonyl (C=O) groups is 1. The van der Waals surface area contributed by atoms with Crippen LogP contribution in [0.15, 0.2) is 0 Å². The fourth-order valence-corrected chi connectivity index (χ4v) is 2.77. The molecule has 0 aromatic carbocycles. The first-order valence-electron chi connectivity index (χ1n) is 9.13. The number of carbonyl (C=O) groups excluding carboxylic acids is 1. The Hall–Kier alpha value is -0.610. The molecule has 1 saturated heterocycles. The van der Waals surface area contributed by atoms with Gasteiger partial charge in [-0.3, -0.25) is 4.79 Å².